The largest absolute Gasteiger partial charge is 0.481 e. The normalized spacial score (nSPS) is 13.1. The van der Waals surface area contributed by atoms with Gasteiger partial charge < -0.3 is 5.11 Å². The van der Waals surface area contributed by atoms with Gasteiger partial charge in [0.25, 0.3) is 23.2 Å². The number of amides is 2. The Morgan fingerprint density at radius 3 is 1.81 bits per heavy atom. The summed E-state index contributed by atoms with van der Waals surface area (Å²) in [6.45, 7) is -0.154. The van der Waals surface area contributed by atoms with Crippen molar-refractivity contribution in [2.24, 2.45) is 0 Å². The zero-order valence-corrected chi connectivity index (χ0v) is 13.6. The number of aliphatic carboxylic acids is 1. The van der Waals surface area contributed by atoms with E-state index in [4.69, 9.17) is 5.11 Å². The molecule has 0 saturated heterocycles. The molecule has 1 aliphatic rings. The third-order valence-corrected chi connectivity index (χ3v) is 4.23. The van der Waals surface area contributed by atoms with E-state index in [0.29, 0.717) is 0 Å². The molecular weight excluding hydrogens is 362 g/mol. The minimum absolute atomic E-state index is 0.0330. The second-order valence-corrected chi connectivity index (χ2v) is 5.79. The molecule has 0 spiro atoms. The Hall–Kier alpha value is -3.89. The summed E-state index contributed by atoms with van der Waals surface area (Å²) in [6.07, 6.45) is -0.217. The molecule has 2 aromatic carbocycles. The third kappa shape index (κ3) is 2.84. The summed E-state index contributed by atoms with van der Waals surface area (Å²) >= 11 is 0. The number of rotatable bonds is 6. The van der Waals surface area contributed by atoms with E-state index in [-0.39, 0.29) is 41.3 Å². The summed E-state index contributed by atoms with van der Waals surface area (Å²) in [5, 5.41) is 30.8. The molecule has 2 aromatic rings. The van der Waals surface area contributed by atoms with Crippen molar-refractivity contribution in [2.75, 3.05) is 6.54 Å². The number of imide groups is 1. The highest BCUT2D eigenvalue weighted by atomic mass is 16.6. The number of carboxylic acids is 1. The number of nitrogens with zero attached hydrogens (tertiary/aromatic N) is 3. The monoisotopic (exact) mass is 373 g/mol. The Morgan fingerprint density at radius 1 is 0.926 bits per heavy atom. The number of non-ortho nitro benzene ring substituents is 2. The minimum atomic E-state index is -1.08. The quantitative estimate of drug-likeness (QED) is 0.457. The number of carbonyl (C=O) groups is 3. The topological polar surface area (TPSA) is 161 Å². The van der Waals surface area contributed by atoms with E-state index >= 15 is 0 Å². The minimum Gasteiger partial charge on any atom is -0.481 e. The van der Waals surface area contributed by atoms with E-state index in [9.17, 15) is 34.6 Å². The maximum absolute atomic E-state index is 12.7. The fourth-order valence-electron chi connectivity index (χ4n) is 3.09. The van der Waals surface area contributed by atoms with Gasteiger partial charge in [0.2, 0.25) is 0 Å². The zero-order chi connectivity index (χ0) is 19.9. The van der Waals surface area contributed by atoms with Crippen LogP contribution in [-0.4, -0.2) is 44.2 Å². The van der Waals surface area contributed by atoms with Gasteiger partial charge in [-0.3, -0.25) is 39.5 Å². The summed E-state index contributed by atoms with van der Waals surface area (Å²) in [7, 11) is 0. The number of hydrogen-bond donors (Lipinski definition) is 1. The first-order valence-corrected chi connectivity index (χ1v) is 7.70. The Bertz CT molecular complexity index is 977. The second-order valence-electron chi connectivity index (χ2n) is 5.79. The maximum atomic E-state index is 12.7. The van der Waals surface area contributed by atoms with Crippen LogP contribution in [0.4, 0.5) is 11.4 Å². The van der Waals surface area contributed by atoms with Crippen molar-refractivity contribution in [3.05, 3.63) is 55.6 Å². The number of hydrogen-bond acceptors (Lipinski definition) is 7. The molecule has 138 valence electrons. The SMILES string of the molecule is O=C(O)CCCN1C(=O)c2ccc([N+](=O)[O-])c3c([N+](=O)[O-])ccc(c23)C1=O. The van der Waals surface area contributed by atoms with Gasteiger partial charge in [-0.05, 0) is 18.6 Å². The highest BCUT2D eigenvalue weighted by Crippen LogP contribution is 2.40. The Kier molecular flexibility index (Phi) is 4.27. The number of nitro benzene ring substituents is 2. The molecule has 2 amide bonds. The van der Waals surface area contributed by atoms with Crippen LogP contribution in [0.2, 0.25) is 0 Å². The van der Waals surface area contributed by atoms with Crippen molar-refractivity contribution in [2.45, 2.75) is 12.8 Å². The van der Waals surface area contributed by atoms with E-state index < -0.39 is 39.0 Å². The first-order valence-electron chi connectivity index (χ1n) is 7.70. The molecule has 1 N–H and O–H groups in total. The van der Waals surface area contributed by atoms with Gasteiger partial charge in [-0.1, -0.05) is 0 Å². The third-order valence-electron chi connectivity index (χ3n) is 4.23. The van der Waals surface area contributed by atoms with Gasteiger partial charge in [-0.15, -0.1) is 0 Å². The smallest absolute Gasteiger partial charge is 0.303 e. The lowest BCUT2D eigenvalue weighted by molar-refractivity contribution is -0.390. The fourth-order valence-corrected chi connectivity index (χ4v) is 3.09. The number of carboxylic acid groups (broad SMARTS) is 1. The highest BCUT2D eigenvalue weighted by Gasteiger charge is 2.37. The molecule has 1 heterocycles. The van der Waals surface area contributed by atoms with Crippen LogP contribution in [0.3, 0.4) is 0 Å². The van der Waals surface area contributed by atoms with Crippen molar-refractivity contribution in [3.63, 3.8) is 0 Å². The molecule has 0 atom stereocenters. The Morgan fingerprint density at radius 2 is 1.41 bits per heavy atom. The summed E-state index contributed by atoms with van der Waals surface area (Å²) in [4.78, 5) is 57.8. The summed E-state index contributed by atoms with van der Waals surface area (Å²) in [6, 6.07) is 4.26. The van der Waals surface area contributed by atoms with Crippen LogP contribution in [-0.2, 0) is 4.79 Å². The standard InChI is InChI=1S/C16H11N3O8/c20-12(21)2-1-7-17-15(22)8-3-5-10(18(24)25)14-11(19(26)27)6-4-9(13(8)14)16(17)23/h3-6H,1-2,7H2,(H,20,21). The second kappa shape index (κ2) is 6.44. The maximum Gasteiger partial charge on any atom is 0.303 e. The van der Waals surface area contributed by atoms with Crippen molar-refractivity contribution < 1.29 is 29.3 Å². The van der Waals surface area contributed by atoms with Gasteiger partial charge in [0.05, 0.1) is 9.85 Å². The molecule has 11 heteroatoms. The van der Waals surface area contributed by atoms with Crippen LogP contribution in [0.25, 0.3) is 10.8 Å². The van der Waals surface area contributed by atoms with Gasteiger partial charge in [-0.2, -0.15) is 0 Å². The molecule has 1 aliphatic heterocycles. The molecule has 0 radical (unpaired) electrons. The van der Waals surface area contributed by atoms with Crippen molar-refractivity contribution >= 4 is 39.9 Å². The summed E-state index contributed by atoms with van der Waals surface area (Å²) in [5.74, 6) is -2.64. The molecule has 0 aliphatic carbocycles. The van der Waals surface area contributed by atoms with E-state index in [0.717, 1.165) is 29.2 Å². The molecule has 11 nitrogen and oxygen atoms in total. The van der Waals surface area contributed by atoms with Gasteiger partial charge >= 0.3 is 5.97 Å². The molecule has 0 saturated carbocycles. The Labute approximate surface area is 150 Å². The van der Waals surface area contributed by atoms with E-state index in [1.54, 1.807) is 0 Å². The Balaban J connectivity index is 2.22. The first-order chi connectivity index (χ1) is 12.7. The van der Waals surface area contributed by atoms with Crippen molar-refractivity contribution in [1.82, 2.24) is 4.90 Å². The number of nitro groups is 2. The van der Waals surface area contributed by atoms with E-state index in [1.165, 1.54) is 0 Å². The van der Waals surface area contributed by atoms with Crippen LogP contribution in [0.5, 0.6) is 0 Å². The lowest BCUT2D eigenvalue weighted by Gasteiger charge is -2.26. The van der Waals surface area contributed by atoms with Crippen LogP contribution in [0.15, 0.2) is 24.3 Å². The fraction of sp³-hybridized carbons (Fsp3) is 0.188. The lowest BCUT2D eigenvalue weighted by Crippen LogP contribution is -2.41. The van der Waals surface area contributed by atoms with E-state index in [2.05, 4.69) is 0 Å². The lowest BCUT2D eigenvalue weighted by atomic mass is 9.92. The van der Waals surface area contributed by atoms with Crippen molar-refractivity contribution in [3.8, 4) is 0 Å². The van der Waals surface area contributed by atoms with Gasteiger partial charge in [0.1, 0.15) is 5.39 Å². The molecule has 3 rings (SSSR count). The summed E-state index contributed by atoms with van der Waals surface area (Å²) in [5.41, 5.74) is -1.32. The van der Waals surface area contributed by atoms with Crippen LogP contribution >= 0.6 is 0 Å². The number of carbonyl (C=O) groups excluding carboxylic acids is 2. The van der Waals surface area contributed by atoms with E-state index in [1.807, 2.05) is 0 Å². The van der Waals surface area contributed by atoms with Crippen LogP contribution < -0.4 is 0 Å². The van der Waals surface area contributed by atoms with Crippen molar-refractivity contribution in [1.29, 1.82) is 0 Å². The van der Waals surface area contributed by atoms with Crippen LogP contribution in [0, 0.1) is 20.2 Å². The zero-order valence-electron chi connectivity index (χ0n) is 13.6. The predicted octanol–water partition coefficient (Wildman–Crippen LogP) is 2.12. The highest BCUT2D eigenvalue weighted by molar-refractivity contribution is 6.27. The molecular formula is C16H11N3O8. The predicted molar refractivity (Wildman–Crippen MR) is 89.5 cm³/mol. The summed E-state index contributed by atoms with van der Waals surface area (Å²) < 4.78 is 0. The number of benzene rings is 2. The van der Waals surface area contributed by atoms with Gasteiger partial charge in [-0.25, -0.2) is 0 Å². The molecule has 0 aromatic heterocycles. The molecule has 0 unspecified atom stereocenters. The first kappa shape index (κ1) is 17.9. The van der Waals surface area contributed by atoms with Gasteiger partial charge in [0.15, 0.2) is 0 Å². The van der Waals surface area contributed by atoms with Crippen LogP contribution in [0.1, 0.15) is 33.6 Å². The molecule has 27 heavy (non-hydrogen) atoms. The average molecular weight is 373 g/mol. The molecule has 0 bridgehead atoms. The average Bonchev–Trinajstić information content (AvgIpc) is 2.60. The molecule has 0 fully saturated rings. The van der Waals surface area contributed by atoms with Gasteiger partial charge in [0, 0.05) is 41.6 Å².